The summed E-state index contributed by atoms with van der Waals surface area (Å²) in [5.74, 6) is 1.66. The lowest BCUT2D eigenvalue weighted by Gasteiger charge is -2.25. The molecule has 6 nitrogen and oxygen atoms in total. The fraction of sp³-hybridized carbons (Fsp3) is 0. The van der Waals surface area contributed by atoms with E-state index in [1.807, 2.05) is 78.9 Å². The molecule has 0 saturated carbocycles. The number of fused-ring (bicyclic) bond motifs is 6. The lowest BCUT2D eigenvalue weighted by Crippen LogP contribution is -2.09. The van der Waals surface area contributed by atoms with Crippen molar-refractivity contribution >= 4 is 60.9 Å². The first-order valence-electron chi connectivity index (χ1n) is 18.9. The molecular weight excluding hydrogens is 701 g/mol. The zero-order valence-corrected chi connectivity index (χ0v) is 30.6. The van der Waals surface area contributed by atoms with Gasteiger partial charge < -0.3 is 13.7 Å². The quantitative estimate of drug-likeness (QED) is 0.162. The van der Waals surface area contributed by atoms with Crippen LogP contribution in [-0.4, -0.2) is 15.0 Å². The summed E-state index contributed by atoms with van der Waals surface area (Å²) in [5.41, 5.74) is 11.2. The highest BCUT2D eigenvalue weighted by Crippen LogP contribution is 2.41. The highest BCUT2D eigenvalue weighted by molar-refractivity contribution is 6.09. The van der Waals surface area contributed by atoms with Crippen molar-refractivity contribution in [2.24, 2.45) is 0 Å². The molecule has 0 N–H and O–H groups in total. The van der Waals surface area contributed by atoms with E-state index < -0.39 is 0 Å². The molecule has 0 amide bonds. The van der Waals surface area contributed by atoms with Crippen molar-refractivity contribution in [2.45, 2.75) is 0 Å². The Balaban J connectivity index is 1.02. The number of para-hydroxylation sites is 3. The van der Waals surface area contributed by atoms with E-state index >= 15 is 0 Å². The average Bonchev–Trinajstić information content (AvgIpc) is 3.85. The summed E-state index contributed by atoms with van der Waals surface area (Å²) in [6, 6.07) is 66.4. The second-order valence-electron chi connectivity index (χ2n) is 14.0. The Morgan fingerprint density at radius 1 is 0.316 bits per heavy atom. The van der Waals surface area contributed by atoms with Crippen LogP contribution in [0.2, 0.25) is 0 Å². The number of nitrogens with zero attached hydrogens (tertiary/aromatic N) is 4. The number of rotatable bonds is 7. The third kappa shape index (κ3) is 5.79. The SMILES string of the molecule is c1ccc(-c2ccc(N(c3ccccc3)c3ccc4oc5cc(-c6nc(-c7ccccc7)nc(-c7cccc8c7oc7ccccc78)n6)ccc5c4c3)cc2)cc1. The van der Waals surface area contributed by atoms with Gasteiger partial charge in [-0.3, -0.25) is 0 Å². The minimum absolute atomic E-state index is 0.538. The second kappa shape index (κ2) is 13.5. The van der Waals surface area contributed by atoms with Crippen molar-refractivity contribution in [3.8, 4) is 45.3 Å². The van der Waals surface area contributed by atoms with E-state index in [4.69, 9.17) is 23.8 Å². The molecule has 0 aliphatic carbocycles. The molecule has 11 aromatic rings. The van der Waals surface area contributed by atoms with Crippen molar-refractivity contribution in [1.29, 1.82) is 0 Å². The molecule has 0 fully saturated rings. The van der Waals surface area contributed by atoms with Gasteiger partial charge in [-0.25, -0.2) is 15.0 Å². The smallest absolute Gasteiger partial charge is 0.167 e. The van der Waals surface area contributed by atoms with E-state index in [-0.39, 0.29) is 0 Å². The molecule has 0 aliphatic heterocycles. The van der Waals surface area contributed by atoms with Gasteiger partial charge in [0.05, 0.1) is 5.56 Å². The van der Waals surface area contributed by atoms with Crippen LogP contribution in [-0.2, 0) is 0 Å². The van der Waals surface area contributed by atoms with Gasteiger partial charge in [-0.1, -0.05) is 127 Å². The molecule has 0 bridgehead atoms. The van der Waals surface area contributed by atoms with Gasteiger partial charge in [0.1, 0.15) is 22.3 Å². The second-order valence-corrected chi connectivity index (χ2v) is 14.0. The molecule has 0 radical (unpaired) electrons. The van der Waals surface area contributed by atoms with Crippen molar-refractivity contribution < 1.29 is 8.83 Å². The fourth-order valence-corrected chi connectivity index (χ4v) is 7.77. The molecule has 3 aromatic heterocycles. The van der Waals surface area contributed by atoms with Gasteiger partial charge in [0, 0.05) is 49.7 Å². The van der Waals surface area contributed by atoms with Gasteiger partial charge in [0.15, 0.2) is 17.5 Å². The molecule has 8 aromatic carbocycles. The topological polar surface area (TPSA) is 68.2 Å². The normalized spacial score (nSPS) is 11.5. The average molecular weight is 733 g/mol. The fourth-order valence-electron chi connectivity index (χ4n) is 7.77. The van der Waals surface area contributed by atoms with Crippen LogP contribution in [0.5, 0.6) is 0 Å². The minimum Gasteiger partial charge on any atom is -0.456 e. The monoisotopic (exact) mass is 732 g/mol. The summed E-state index contributed by atoms with van der Waals surface area (Å²) < 4.78 is 12.9. The van der Waals surface area contributed by atoms with E-state index in [0.29, 0.717) is 17.5 Å². The Bertz CT molecular complexity index is 3230. The van der Waals surface area contributed by atoms with E-state index in [2.05, 4.69) is 120 Å². The Labute approximate surface area is 328 Å². The van der Waals surface area contributed by atoms with Crippen LogP contribution in [0, 0.1) is 0 Å². The van der Waals surface area contributed by atoms with Crippen molar-refractivity contribution in [2.75, 3.05) is 4.90 Å². The Hall–Kier alpha value is -7.83. The molecule has 3 heterocycles. The van der Waals surface area contributed by atoms with E-state index in [1.54, 1.807) is 0 Å². The Kier molecular flexibility index (Phi) is 7.71. The van der Waals surface area contributed by atoms with Crippen LogP contribution in [0.3, 0.4) is 0 Å². The van der Waals surface area contributed by atoms with Gasteiger partial charge in [0.2, 0.25) is 0 Å². The third-order valence-electron chi connectivity index (χ3n) is 10.5. The predicted molar refractivity (Wildman–Crippen MR) is 231 cm³/mol. The molecule has 11 rings (SSSR count). The first-order chi connectivity index (χ1) is 28.2. The lowest BCUT2D eigenvalue weighted by atomic mass is 10.0. The van der Waals surface area contributed by atoms with Crippen molar-refractivity contribution in [3.63, 3.8) is 0 Å². The molecule has 57 heavy (non-hydrogen) atoms. The van der Waals surface area contributed by atoms with E-state index in [0.717, 1.165) is 77.6 Å². The summed E-state index contributed by atoms with van der Waals surface area (Å²) in [6.07, 6.45) is 0. The molecule has 268 valence electrons. The van der Waals surface area contributed by atoms with Crippen LogP contribution in [0.1, 0.15) is 0 Å². The van der Waals surface area contributed by atoms with Gasteiger partial charge in [-0.15, -0.1) is 0 Å². The number of aromatic nitrogens is 3. The molecule has 0 atom stereocenters. The number of benzene rings is 8. The molecule has 0 spiro atoms. The van der Waals surface area contributed by atoms with Crippen LogP contribution in [0.15, 0.2) is 203 Å². The summed E-state index contributed by atoms with van der Waals surface area (Å²) in [6.45, 7) is 0. The third-order valence-corrected chi connectivity index (χ3v) is 10.5. The number of hydrogen-bond acceptors (Lipinski definition) is 6. The zero-order chi connectivity index (χ0) is 37.7. The van der Waals surface area contributed by atoms with Crippen molar-refractivity contribution in [1.82, 2.24) is 15.0 Å². The summed E-state index contributed by atoms with van der Waals surface area (Å²) in [5, 5.41) is 4.10. The summed E-state index contributed by atoms with van der Waals surface area (Å²) in [4.78, 5) is 17.4. The van der Waals surface area contributed by atoms with Gasteiger partial charge >= 0.3 is 0 Å². The first-order valence-corrected chi connectivity index (χ1v) is 18.9. The minimum atomic E-state index is 0.538. The Morgan fingerprint density at radius 2 is 0.877 bits per heavy atom. The zero-order valence-electron chi connectivity index (χ0n) is 30.6. The maximum absolute atomic E-state index is 6.54. The van der Waals surface area contributed by atoms with Crippen LogP contribution >= 0.6 is 0 Å². The number of furan rings is 2. The molecule has 0 saturated heterocycles. The van der Waals surface area contributed by atoms with Gasteiger partial charge in [-0.2, -0.15) is 0 Å². The van der Waals surface area contributed by atoms with Crippen molar-refractivity contribution in [3.05, 3.63) is 194 Å². The lowest BCUT2D eigenvalue weighted by molar-refractivity contribution is 0.668. The molecular formula is C51H32N4O2. The Morgan fingerprint density at radius 3 is 1.67 bits per heavy atom. The van der Waals surface area contributed by atoms with E-state index in [1.165, 1.54) is 11.1 Å². The maximum Gasteiger partial charge on any atom is 0.167 e. The van der Waals surface area contributed by atoms with Crippen LogP contribution in [0.4, 0.5) is 17.1 Å². The maximum atomic E-state index is 6.54. The number of anilines is 3. The summed E-state index contributed by atoms with van der Waals surface area (Å²) in [7, 11) is 0. The van der Waals surface area contributed by atoms with E-state index in [9.17, 15) is 0 Å². The first kappa shape index (κ1) is 32.6. The van der Waals surface area contributed by atoms with Crippen LogP contribution in [0.25, 0.3) is 89.2 Å². The molecule has 0 unspecified atom stereocenters. The highest BCUT2D eigenvalue weighted by Gasteiger charge is 2.20. The highest BCUT2D eigenvalue weighted by atomic mass is 16.3. The summed E-state index contributed by atoms with van der Waals surface area (Å²) >= 11 is 0. The molecule has 0 aliphatic rings. The molecule has 6 heteroatoms. The van der Waals surface area contributed by atoms with Crippen LogP contribution < -0.4 is 4.90 Å². The predicted octanol–water partition coefficient (Wildman–Crippen LogP) is 13.8. The van der Waals surface area contributed by atoms with Gasteiger partial charge in [-0.05, 0) is 77.9 Å². The standard InChI is InChI=1S/C51H32N4O2/c1-4-13-33(14-5-1)34-23-26-38(27-24-34)55(37-17-8-3-9-18-37)39-28-30-46-44(32-39)41-29-25-36(31-47(41)56-46)50-52-49(35-15-6-2-7-16-35)53-51(54-50)43-21-12-20-42-40-19-10-11-22-45(40)57-48(42)43/h1-32H. The number of hydrogen-bond donors (Lipinski definition) is 0. The largest absolute Gasteiger partial charge is 0.456 e. The van der Waals surface area contributed by atoms with Gasteiger partial charge in [0.25, 0.3) is 0 Å².